The summed E-state index contributed by atoms with van der Waals surface area (Å²) < 4.78 is 1.16. The van der Waals surface area contributed by atoms with Gasteiger partial charge in [0.05, 0.1) is 16.8 Å². The van der Waals surface area contributed by atoms with E-state index in [0.717, 1.165) is 10.6 Å². The molecule has 20 heavy (non-hydrogen) atoms. The number of fused-ring (bicyclic) bond motifs is 1. The molecule has 2 aromatic rings. The van der Waals surface area contributed by atoms with E-state index in [9.17, 15) is 14.4 Å². The first kappa shape index (κ1) is 12.4. The summed E-state index contributed by atoms with van der Waals surface area (Å²) in [6.07, 6.45) is 0. The van der Waals surface area contributed by atoms with Gasteiger partial charge in [-0.1, -0.05) is 11.6 Å². The number of carbonyl (C=O) groups is 2. The van der Waals surface area contributed by atoms with E-state index in [2.05, 4.69) is 5.32 Å². The van der Waals surface area contributed by atoms with Crippen molar-refractivity contribution in [3.8, 4) is 5.69 Å². The molecule has 1 aromatic heterocycles. The summed E-state index contributed by atoms with van der Waals surface area (Å²) >= 11 is 5.79. The van der Waals surface area contributed by atoms with E-state index in [1.165, 1.54) is 0 Å². The lowest BCUT2D eigenvalue weighted by molar-refractivity contribution is 0.0880. The smallest absolute Gasteiger partial charge is 0.262 e. The molecule has 1 aliphatic heterocycles. The van der Waals surface area contributed by atoms with Gasteiger partial charge in [-0.2, -0.15) is 0 Å². The molecule has 6 nitrogen and oxygen atoms in total. The van der Waals surface area contributed by atoms with Crippen LogP contribution in [0.1, 0.15) is 20.7 Å². The first-order valence-corrected chi connectivity index (χ1v) is 6.04. The molecular formula is C13H8ClN3O3. The van der Waals surface area contributed by atoms with E-state index in [-0.39, 0.29) is 16.9 Å². The van der Waals surface area contributed by atoms with Crippen LogP contribution in [0.25, 0.3) is 5.69 Å². The van der Waals surface area contributed by atoms with Crippen molar-refractivity contribution >= 4 is 29.2 Å². The van der Waals surface area contributed by atoms with Gasteiger partial charge >= 0.3 is 0 Å². The third-order valence-corrected chi connectivity index (χ3v) is 3.29. The average Bonchev–Trinajstić information content (AvgIpc) is 2.67. The minimum atomic E-state index is -0.614. The summed E-state index contributed by atoms with van der Waals surface area (Å²) in [4.78, 5) is 35.3. The van der Waals surface area contributed by atoms with Crippen molar-refractivity contribution in [1.82, 2.24) is 9.88 Å². The van der Waals surface area contributed by atoms with Crippen molar-refractivity contribution in [3.05, 3.63) is 56.8 Å². The average molecular weight is 290 g/mol. The summed E-state index contributed by atoms with van der Waals surface area (Å²) in [6.45, 7) is 0. The van der Waals surface area contributed by atoms with Crippen molar-refractivity contribution in [1.29, 1.82) is 0 Å². The Labute approximate surface area is 117 Å². The quantitative estimate of drug-likeness (QED) is 0.765. The van der Waals surface area contributed by atoms with Gasteiger partial charge in [0, 0.05) is 11.1 Å². The number of hydrogen-bond donors (Lipinski definition) is 2. The maximum atomic E-state index is 12.1. The minimum absolute atomic E-state index is 0.00251. The van der Waals surface area contributed by atoms with E-state index in [1.807, 2.05) is 0 Å². The molecule has 7 heteroatoms. The highest BCUT2D eigenvalue weighted by Gasteiger charge is 2.31. The molecule has 0 saturated heterocycles. The van der Waals surface area contributed by atoms with E-state index in [0.29, 0.717) is 10.7 Å². The number of nitrogen functional groups attached to an aromatic ring is 1. The van der Waals surface area contributed by atoms with Crippen LogP contribution in [0.4, 0.5) is 5.82 Å². The fraction of sp³-hybridized carbons (Fsp3) is 0. The topological polar surface area (TPSA) is 94.2 Å². The molecule has 100 valence electrons. The summed E-state index contributed by atoms with van der Waals surface area (Å²) in [7, 11) is 0. The van der Waals surface area contributed by atoms with E-state index < -0.39 is 17.4 Å². The van der Waals surface area contributed by atoms with Crippen LogP contribution in [0.15, 0.2) is 35.1 Å². The molecule has 2 amide bonds. The van der Waals surface area contributed by atoms with Crippen LogP contribution in [0, 0.1) is 0 Å². The van der Waals surface area contributed by atoms with Crippen LogP contribution in [0.2, 0.25) is 5.02 Å². The number of benzene rings is 1. The third kappa shape index (κ3) is 1.70. The summed E-state index contributed by atoms with van der Waals surface area (Å²) in [5.41, 5.74) is 5.87. The number of aromatic nitrogens is 1. The predicted molar refractivity (Wildman–Crippen MR) is 73.3 cm³/mol. The van der Waals surface area contributed by atoms with E-state index >= 15 is 0 Å². The van der Waals surface area contributed by atoms with Crippen molar-refractivity contribution in [3.63, 3.8) is 0 Å². The Bertz CT molecular complexity index is 809. The van der Waals surface area contributed by atoms with Crippen molar-refractivity contribution < 1.29 is 9.59 Å². The second-order valence-electron chi connectivity index (χ2n) is 4.25. The Balaban J connectivity index is 2.31. The van der Waals surface area contributed by atoms with Crippen molar-refractivity contribution in [2.75, 3.05) is 5.73 Å². The lowest BCUT2D eigenvalue weighted by Gasteiger charge is -2.11. The standard InChI is InChI=1S/C13H8ClN3O3/c14-6-1-3-7(4-2-6)17-9(18)5-8-10(11(17)15)13(20)16-12(8)19/h1-5H,15H2,(H,16,19,20). The zero-order chi connectivity index (χ0) is 14.4. The van der Waals surface area contributed by atoms with Gasteiger partial charge in [-0.05, 0) is 24.3 Å². The molecule has 0 radical (unpaired) electrons. The van der Waals surface area contributed by atoms with Crippen LogP contribution in [0.5, 0.6) is 0 Å². The summed E-state index contributed by atoms with van der Waals surface area (Å²) in [5, 5.41) is 2.62. The number of anilines is 1. The molecule has 0 bridgehead atoms. The largest absolute Gasteiger partial charge is 0.384 e. The molecule has 3 N–H and O–H groups in total. The zero-order valence-electron chi connectivity index (χ0n) is 10.0. The summed E-state index contributed by atoms with van der Waals surface area (Å²) in [6, 6.07) is 7.49. The lowest BCUT2D eigenvalue weighted by atomic mass is 10.1. The maximum absolute atomic E-state index is 12.1. The molecule has 0 unspecified atom stereocenters. The third-order valence-electron chi connectivity index (χ3n) is 3.04. The van der Waals surface area contributed by atoms with E-state index in [4.69, 9.17) is 17.3 Å². The van der Waals surface area contributed by atoms with Gasteiger partial charge in [0.2, 0.25) is 0 Å². The number of nitrogens with one attached hydrogen (secondary N) is 1. The van der Waals surface area contributed by atoms with E-state index in [1.54, 1.807) is 24.3 Å². The van der Waals surface area contributed by atoms with Gasteiger partial charge in [-0.25, -0.2) is 0 Å². The molecule has 0 atom stereocenters. The van der Waals surface area contributed by atoms with Gasteiger partial charge in [0.25, 0.3) is 17.4 Å². The number of rotatable bonds is 1. The van der Waals surface area contributed by atoms with Crippen molar-refractivity contribution in [2.45, 2.75) is 0 Å². The van der Waals surface area contributed by atoms with Crippen LogP contribution in [-0.2, 0) is 0 Å². The minimum Gasteiger partial charge on any atom is -0.384 e. The van der Waals surface area contributed by atoms with Crippen LogP contribution in [0.3, 0.4) is 0 Å². The highest BCUT2D eigenvalue weighted by atomic mass is 35.5. The van der Waals surface area contributed by atoms with Gasteiger partial charge in [0.1, 0.15) is 5.82 Å². The number of carbonyl (C=O) groups excluding carboxylic acids is 2. The monoisotopic (exact) mass is 289 g/mol. The first-order valence-electron chi connectivity index (χ1n) is 5.66. The zero-order valence-corrected chi connectivity index (χ0v) is 10.8. The molecule has 1 aromatic carbocycles. The Kier molecular flexibility index (Phi) is 2.62. The highest BCUT2D eigenvalue weighted by molar-refractivity contribution is 6.30. The Morgan fingerprint density at radius 1 is 1.05 bits per heavy atom. The van der Waals surface area contributed by atoms with Gasteiger partial charge in [0.15, 0.2) is 0 Å². The van der Waals surface area contributed by atoms with Gasteiger partial charge < -0.3 is 5.73 Å². The molecule has 0 aliphatic carbocycles. The predicted octanol–water partition coefficient (Wildman–Crippen LogP) is 0.957. The number of nitrogens with zero attached hydrogens (tertiary/aromatic N) is 1. The highest BCUT2D eigenvalue weighted by Crippen LogP contribution is 2.23. The van der Waals surface area contributed by atoms with Crippen molar-refractivity contribution in [2.24, 2.45) is 0 Å². The number of imide groups is 1. The van der Waals surface area contributed by atoms with Crippen LogP contribution >= 0.6 is 11.6 Å². The second-order valence-corrected chi connectivity index (χ2v) is 4.69. The second kappa shape index (κ2) is 4.21. The van der Waals surface area contributed by atoms with Gasteiger partial charge in [-0.3, -0.25) is 24.3 Å². The maximum Gasteiger partial charge on any atom is 0.262 e. The number of nitrogens with two attached hydrogens (primary N) is 1. The number of halogens is 1. The van der Waals surface area contributed by atoms with Crippen LogP contribution in [-0.4, -0.2) is 16.4 Å². The Hall–Kier alpha value is -2.60. The fourth-order valence-corrected chi connectivity index (χ4v) is 2.26. The molecule has 0 spiro atoms. The van der Waals surface area contributed by atoms with Gasteiger partial charge in [-0.15, -0.1) is 0 Å². The lowest BCUT2D eigenvalue weighted by Crippen LogP contribution is -2.24. The molecule has 0 fully saturated rings. The van der Waals surface area contributed by atoms with Crippen LogP contribution < -0.4 is 16.6 Å². The Morgan fingerprint density at radius 2 is 1.70 bits per heavy atom. The first-order chi connectivity index (χ1) is 9.49. The molecule has 3 rings (SSSR count). The SMILES string of the molecule is Nc1c2c(cc(=O)n1-c1ccc(Cl)cc1)C(=O)NC2=O. The number of pyridine rings is 1. The molecule has 2 heterocycles. The molecule has 1 aliphatic rings. The number of amides is 2. The normalized spacial score (nSPS) is 13.2. The molecular weight excluding hydrogens is 282 g/mol. The molecule has 0 saturated carbocycles. The number of hydrogen-bond acceptors (Lipinski definition) is 4. The Morgan fingerprint density at radius 3 is 2.35 bits per heavy atom. The fourth-order valence-electron chi connectivity index (χ4n) is 2.14. The summed E-state index contributed by atoms with van der Waals surface area (Å²) in [5.74, 6) is -1.29.